The minimum atomic E-state index is 0.779. The molecular formula is C11H18N4. The molecule has 2 heterocycles. The van der Waals surface area contributed by atoms with E-state index in [1.807, 2.05) is 11.7 Å². The van der Waals surface area contributed by atoms with Crippen molar-refractivity contribution in [1.29, 1.82) is 5.41 Å². The summed E-state index contributed by atoms with van der Waals surface area (Å²) in [5, 5.41) is 12.2. The Balaban J connectivity index is 2.12. The first kappa shape index (κ1) is 10.2. The lowest BCUT2D eigenvalue weighted by Gasteiger charge is -2.17. The Kier molecular flexibility index (Phi) is 2.75. The summed E-state index contributed by atoms with van der Waals surface area (Å²) >= 11 is 0. The van der Waals surface area contributed by atoms with Crippen LogP contribution in [0.25, 0.3) is 0 Å². The molecule has 2 rings (SSSR count). The van der Waals surface area contributed by atoms with Gasteiger partial charge in [0.25, 0.3) is 0 Å². The number of rotatable bonds is 3. The summed E-state index contributed by atoms with van der Waals surface area (Å²) in [6.45, 7) is 4.01. The second-order valence-electron chi connectivity index (χ2n) is 4.10. The van der Waals surface area contributed by atoms with Crippen molar-refractivity contribution < 1.29 is 0 Å². The van der Waals surface area contributed by atoms with Gasteiger partial charge in [-0.3, -0.25) is 10.1 Å². The summed E-state index contributed by atoms with van der Waals surface area (Å²) in [6, 6.07) is 0. The zero-order valence-corrected chi connectivity index (χ0v) is 9.45. The lowest BCUT2D eigenvalue weighted by molar-refractivity contribution is 0.444. The maximum absolute atomic E-state index is 7.79. The first-order chi connectivity index (χ1) is 7.20. The van der Waals surface area contributed by atoms with Crippen LogP contribution >= 0.6 is 0 Å². The third-order valence-corrected chi connectivity index (χ3v) is 2.91. The van der Waals surface area contributed by atoms with Gasteiger partial charge >= 0.3 is 0 Å². The minimum Gasteiger partial charge on any atom is -0.356 e. The van der Waals surface area contributed by atoms with Gasteiger partial charge in [0.2, 0.25) is 0 Å². The fourth-order valence-corrected chi connectivity index (χ4v) is 2.12. The van der Waals surface area contributed by atoms with E-state index in [4.69, 9.17) is 5.41 Å². The molecule has 1 saturated heterocycles. The highest BCUT2D eigenvalue weighted by Crippen LogP contribution is 2.16. The van der Waals surface area contributed by atoms with E-state index in [0.717, 1.165) is 43.9 Å². The van der Waals surface area contributed by atoms with Gasteiger partial charge in [-0.2, -0.15) is 5.10 Å². The predicted molar refractivity (Wildman–Crippen MR) is 60.0 cm³/mol. The van der Waals surface area contributed by atoms with Gasteiger partial charge in [-0.05, 0) is 12.8 Å². The summed E-state index contributed by atoms with van der Waals surface area (Å²) < 4.78 is 1.87. The molecule has 1 aliphatic rings. The molecule has 0 unspecified atom stereocenters. The van der Waals surface area contributed by atoms with Gasteiger partial charge in [-0.15, -0.1) is 0 Å². The van der Waals surface area contributed by atoms with Crippen molar-refractivity contribution in [2.45, 2.75) is 32.7 Å². The molecule has 0 aromatic carbocycles. The average molecular weight is 206 g/mol. The molecule has 0 amide bonds. The number of nitrogens with one attached hydrogen (secondary N) is 1. The van der Waals surface area contributed by atoms with Gasteiger partial charge < -0.3 is 4.90 Å². The van der Waals surface area contributed by atoms with Crippen molar-refractivity contribution in [3.8, 4) is 0 Å². The van der Waals surface area contributed by atoms with E-state index < -0.39 is 0 Å². The number of nitrogens with zero attached hydrogens (tertiary/aromatic N) is 3. The highest BCUT2D eigenvalue weighted by molar-refractivity contribution is 5.80. The summed E-state index contributed by atoms with van der Waals surface area (Å²) in [5.41, 5.74) is 2.43. The number of amidine groups is 1. The number of likely N-dealkylation sites (tertiary alicyclic amines) is 1. The van der Waals surface area contributed by atoms with Crippen LogP contribution in [0.5, 0.6) is 0 Å². The van der Waals surface area contributed by atoms with Crippen LogP contribution in [0, 0.1) is 5.41 Å². The monoisotopic (exact) mass is 206 g/mol. The maximum Gasteiger partial charge on any atom is 0.0961 e. The van der Waals surface area contributed by atoms with Crippen molar-refractivity contribution >= 4 is 5.84 Å². The van der Waals surface area contributed by atoms with E-state index in [2.05, 4.69) is 23.1 Å². The Morgan fingerprint density at radius 1 is 1.53 bits per heavy atom. The lowest BCUT2D eigenvalue weighted by Crippen LogP contribution is -2.23. The van der Waals surface area contributed by atoms with E-state index in [9.17, 15) is 0 Å². The average Bonchev–Trinajstić information content (AvgIpc) is 2.75. The van der Waals surface area contributed by atoms with Gasteiger partial charge in [0.15, 0.2) is 0 Å². The van der Waals surface area contributed by atoms with Crippen molar-refractivity contribution in [2.24, 2.45) is 7.05 Å². The largest absolute Gasteiger partial charge is 0.356 e. The summed E-state index contributed by atoms with van der Waals surface area (Å²) in [5.74, 6) is 0.779. The fourth-order valence-electron chi connectivity index (χ4n) is 2.12. The molecule has 1 aliphatic heterocycles. The number of aryl methyl sites for hydroxylation is 2. The Morgan fingerprint density at radius 2 is 2.33 bits per heavy atom. The second-order valence-corrected chi connectivity index (χ2v) is 4.10. The van der Waals surface area contributed by atoms with E-state index >= 15 is 0 Å². The van der Waals surface area contributed by atoms with Crippen LogP contribution in [0.3, 0.4) is 0 Å². The number of aromatic nitrogens is 2. The van der Waals surface area contributed by atoms with Crippen molar-refractivity contribution in [1.82, 2.24) is 14.7 Å². The third kappa shape index (κ3) is 2.03. The summed E-state index contributed by atoms with van der Waals surface area (Å²) in [6.07, 6.45) is 5.10. The highest BCUT2D eigenvalue weighted by Gasteiger charge is 2.18. The smallest absolute Gasteiger partial charge is 0.0961 e. The van der Waals surface area contributed by atoms with E-state index in [0.29, 0.717) is 0 Å². The zero-order valence-electron chi connectivity index (χ0n) is 9.45. The lowest BCUT2D eigenvalue weighted by atomic mass is 10.2. The van der Waals surface area contributed by atoms with Crippen LogP contribution in [-0.4, -0.2) is 27.1 Å². The quantitative estimate of drug-likeness (QED) is 0.815. The molecule has 1 aromatic heterocycles. The van der Waals surface area contributed by atoms with Crippen LogP contribution in [0.1, 0.15) is 31.0 Å². The van der Waals surface area contributed by atoms with Crippen molar-refractivity contribution in [3.05, 3.63) is 17.5 Å². The molecule has 0 radical (unpaired) electrons. The molecule has 4 nitrogen and oxygen atoms in total. The summed E-state index contributed by atoms with van der Waals surface area (Å²) in [4.78, 5) is 2.15. The fraction of sp³-hybridized carbons (Fsp3) is 0.636. The molecule has 15 heavy (non-hydrogen) atoms. The van der Waals surface area contributed by atoms with Gasteiger partial charge in [-0.25, -0.2) is 0 Å². The van der Waals surface area contributed by atoms with E-state index in [1.54, 1.807) is 0 Å². The van der Waals surface area contributed by atoms with Crippen molar-refractivity contribution in [2.75, 3.05) is 6.54 Å². The SMILES string of the molecule is CCc1nn(C)cc1CN1CCCC1=N. The van der Waals surface area contributed by atoms with Gasteiger partial charge in [0, 0.05) is 38.3 Å². The van der Waals surface area contributed by atoms with Crippen LogP contribution in [-0.2, 0) is 20.0 Å². The standard InChI is InChI=1S/C11H18N4/c1-3-10-9(7-14(2)13-10)8-15-6-4-5-11(15)12/h7,12H,3-6,8H2,1-2H3. The van der Waals surface area contributed by atoms with Crippen molar-refractivity contribution in [3.63, 3.8) is 0 Å². The molecule has 1 fully saturated rings. The highest BCUT2D eigenvalue weighted by atomic mass is 15.3. The third-order valence-electron chi connectivity index (χ3n) is 2.91. The first-order valence-corrected chi connectivity index (χ1v) is 5.54. The molecule has 1 N–H and O–H groups in total. The van der Waals surface area contributed by atoms with Crippen LogP contribution in [0.15, 0.2) is 6.20 Å². The molecule has 0 saturated carbocycles. The molecule has 82 valence electrons. The Morgan fingerprint density at radius 3 is 2.93 bits per heavy atom. The topological polar surface area (TPSA) is 44.9 Å². The molecule has 4 heteroatoms. The van der Waals surface area contributed by atoms with E-state index in [1.165, 1.54) is 5.56 Å². The number of hydrogen-bond donors (Lipinski definition) is 1. The molecule has 0 bridgehead atoms. The first-order valence-electron chi connectivity index (χ1n) is 5.54. The molecule has 0 aliphatic carbocycles. The molecule has 1 aromatic rings. The zero-order chi connectivity index (χ0) is 10.8. The molecule has 0 atom stereocenters. The maximum atomic E-state index is 7.79. The van der Waals surface area contributed by atoms with Gasteiger partial charge in [0.1, 0.15) is 0 Å². The molecular weight excluding hydrogens is 188 g/mol. The Hall–Kier alpha value is -1.32. The molecule has 0 spiro atoms. The minimum absolute atomic E-state index is 0.779. The van der Waals surface area contributed by atoms with Crippen LogP contribution in [0.4, 0.5) is 0 Å². The second kappa shape index (κ2) is 4.04. The summed E-state index contributed by atoms with van der Waals surface area (Å²) in [7, 11) is 1.96. The predicted octanol–water partition coefficient (Wildman–Crippen LogP) is 1.56. The Bertz CT molecular complexity index is 367. The van der Waals surface area contributed by atoms with Crippen LogP contribution < -0.4 is 0 Å². The van der Waals surface area contributed by atoms with Gasteiger partial charge in [-0.1, -0.05) is 6.92 Å². The number of hydrogen-bond acceptors (Lipinski definition) is 2. The Labute approximate surface area is 90.4 Å². The van der Waals surface area contributed by atoms with E-state index in [-0.39, 0.29) is 0 Å². The normalized spacial score (nSPS) is 16.4. The van der Waals surface area contributed by atoms with Crippen LogP contribution in [0.2, 0.25) is 0 Å². The van der Waals surface area contributed by atoms with Gasteiger partial charge in [0.05, 0.1) is 11.5 Å².